The number of aromatic carboxylic acids is 1. The Kier molecular flexibility index (Phi) is 5.02. The Bertz CT molecular complexity index is 441. The maximum Gasteiger partial charge on any atom is 0.336 e. The minimum atomic E-state index is -1.54. The van der Waals surface area contributed by atoms with Crippen LogP contribution in [0.5, 0.6) is 0 Å². The van der Waals surface area contributed by atoms with Crippen LogP contribution in [0.15, 0.2) is 17.0 Å². The highest BCUT2D eigenvalue weighted by Gasteiger charge is 2.28. The van der Waals surface area contributed by atoms with Crippen molar-refractivity contribution in [3.05, 3.63) is 28.8 Å². The van der Waals surface area contributed by atoms with E-state index in [4.69, 9.17) is 39.9 Å². The molecule has 0 aromatic heterocycles. The Labute approximate surface area is 119 Å². The normalized spacial score (nSPS) is 11.6. The average Bonchev–Trinajstić information content (AvgIpc) is 2.25. The zero-order valence-electron chi connectivity index (χ0n) is 9.26. The first-order valence-electron chi connectivity index (χ1n) is 4.83. The van der Waals surface area contributed by atoms with E-state index in [1.165, 1.54) is 17.8 Å². The van der Waals surface area contributed by atoms with Crippen LogP contribution in [-0.4, -0.2) is 17.3 Å². The Morgan fingerprint density at radius 1 is 1.41 bits per heavy atom. The Morgan fingerprint density at radius 3 is 2.35 bits per heavy atom. The Morgan fingerprint density at radius 2 is 2.00 bits per heavy atom. The molecule has 0 aliphatic carbocycles. The van der Waals surface area contributed by atoms with E-state index in [0.29, 0.717) is 17.5 Å². The number of alkyl halides is 3. The second kappa shape index (κ2) is 5.70. The monoisotopic (exact) mass is 312 g/mol. The molecule has 17 heavy (non-hydrogen) atoms. The van der Waals surface area contributed by atoms with E-state index < -0.39 is 9.76 Å². The molecule has 0 atom stereocenters. The molecule has 0 heterocycles. The van der Waals surface area contributed by atoms with Gasteiger partial charge in [0.05, 0.1) is 5.56 Å². The highest BCUT2D eigenvalue weighted by molar-refractivity contribution is 7.98. The number of hydrogen-bond donors (Lipinski definition) is 1. The van der Waals surface area contributed by atoms with Crippen molar-refractivity contribution in [3.8, 4) is 0 Å². The maximum absolute atomic E-state index is 11.1. The first kappa shape index (κ1) is 15.0. The van der Waals surface area contributed by atoms with E-state index in [9.17, 15) is 4.79 Å². The fourth-order valence-electron chi connectivity index (χ4n) is 1.64. The van der Waals surface area contributed by atoms with Gasteiger partial charge in [-0.2, -0.15) is 0 Å². The summed E-state index contributed by atoms with van der Waals surface area (Å²) in [5.74, 6) is -0.965. The van der Waals surface area contributed by atoms with Crippen molar-refractivity contribution in [2.45, 2.75) is 22.0 Å². The van der Waals surface area contributed by atoms with Crippen molar-refractivity contribution in [2.24, 2.45) is 0 Å². The van der Waals surface area contributed by atoms with Gasteiger partial charge in [0.15, 0.2) is 0 Å². The van der Waals surface area contributed by atoms with Gasteiger partial charge in [-0.05, 0) is 24.3 Å². The molecule has 0 saturated heterocycles. The van der Waals surface area contributed by atoms with Crippen molar-refractivity contribution in [2.75, 3.05) is 6.26 Å². The van der Waals surface area contributed by atoms with Gasteiger partial charge in [0.25, 0.3) is 0 Å². The summed E-state index contributed by atoms with van der Waals surface area (Å²) in [5, 5.41) is 9.10. The van der Waals surface area contributed by atoms with Gasteiger partial charge in [0, 0.05) is 10.5 Å². The highest BCUT2D eigenvalue weighted by atomic mass is 35.6. The number of hydrogen-bond acceptors (Lipinski definition) is 2. The van der Waals surface area contributed by atoms with Gasteiger partial charge >= 0.3 is 5.97 Å². The van der Waals surface area contributed by atoms with Gasteiger partial charge in [-0.15, -0.1) is 11.8 Å². The number of benzene rings is 1. The lowest BCUT2D eigenvalue weighted by molar-refractivity contribution is 0.0695. The Hall–Kier alpha value is -0.0900. The van der Waals surface area contributed by atoms with Gasteiger partial charge < -0.3 is 5.11 Å². The zero-order chi connectivity index (χ0) is 13.2. The van der Waals surface area contributed by atoms with Gasteiger partial charge in [0.2, 0.25) is 3.79 Å². The molecule has 1 N–H and O–H groups in total. The minimum absolute atomic E-state index is 0.259. The van der Waals surface area contributed by atoms with Crippen LogP contribution in [0.3, 0.4) is 0 Å². The van der Waals surface area contributed by atoms with Crippen LogP contribution in [0, 0.1) is 0 Å². The second-order valence-electron chi connectivity index (χ2n) is 3.33. The average molecular weight is 314 g/mol. The fourth-order valence-corrected chi connectivity index (χ4v) is 3.22. The number of rotatable bonds is 3. The van der Waals surface area contributed by atoms with E-state index in [1.807, 2.05) is 13.2 Å². The molecule has 94 valence electrons. The zero-order valence-corrected chi connectivity index (χ0v) is 12.3. The number of thioether (sulfide) groups is 1. The maximum atomic E-state index is 11.1. The molecular formula is C11H11Cl3O2S. The molecule has 0 radical (unpaired) electrons. The first-order valence-corrected chi connectivity index (χ1v) is 7.19. The molecule has 2 nitrogen and oxygen atoms in total. The standard InChI is InChI=1S/C11H11Cl3O2S/c1-3-6-7(10(15)16)4-5-8(9(6)17-2)11(12,13)14/h4-5H,3H2,1-2H3,(H,15,16). The van der Waals surface area contributed by atoms with Crippen LogP contribution in [-0.2, 0) is 10.2 Å². The van der Waals surface area contributed by atoms with Crippen LogP contribution in [0.1, 0.15) is 28.4 Å². The fraction of sp³-hybridized carbons (Fsp3) is 0.364. The molecule has 0 amide bonds. The number of carbonyl (C=O) groups is 1. The number of halogens is 3. The summed E-state index contributed by atoms with van der Waals surface area (Å²) in [6, 6.07) is 3.04. The quantitative estimate of drug-likeness (QED) is 0.659. The van der Waals surface area contributed by atoms with Gasteiger partial charge in [-0.1, -0.05) is 47.8 Å². The molecule has 6 heteroatoms. The third-order valence-corrected chi connectivity index (χ3v) is 3.84. The molecule has 0 unspecified atom stereocenters. The topological polar surface area (TPSA) is 37.3 Å². The molecule has 0 saturated carbocycles. The Balaban J connectivity index is 3.54. The minimum Gasteiger partial charge on any atom is -0.478 e. The summed E-state index contributed by atoms with van der Waals surface area (Å²) in [6.07, 6.45) is 2.41. The first-order chi connectivity index (χ1) is 7.82. The smallest absolute Gasteiger partial charge is 0.336 e. The van der Waals surface area contributed by atoms with E-state index in [1.54, 1.807) is 6.07 Å². The summed E-state index contributed by atoms with van der Waals surface area (Å²) in [5.41, 5.74) is 1.49. The molecule has 0 fully saturated rings. The lowest BCUT2D eigenvalue weighted by atomic mass is 10.0. The van der Waals surface area contributed by atoms with Crippen LogP contribution in [0.2, 0.25) is 0 Å². The molecule has 0 bridgehead atoms. The molecule has 1 rings (SSSR count). The second-order valence-corrected chi connectivity index (χ2v) is 6.43. The number of carboxylic acids is 1. The highest BCUT2D eigenvalue weighted by Crippen LogP contribution is 2.44. The molecule has 0 aliphatic heterocycles. The predicted octanol–water partition coefficient (Wildman–Crippen LogP) is 4.50. The van der Waals surface area contributed by atoms with Crippen LogP contribution in [0.4, 0.5) is 0 Å². The van der Waals surface area contributed by atoms with Gasteiger partial charge in [-0.25, -0.2) is 4.79 Å². The molecule has 1 aromatic rings. The van der Waals surface area contributed by atoms with E-state index in [2.05, 4.69) is 0 Å². The van der Waals surface area contributed by atoms with Gasteiger partial charge in [0.1, 0.15) is 0 Å². The van der Waals surface area contributed by atoms with Crippen molar-refractivity contribution < 1.29 is 9.90 Å². The van der Waals surface area contributed by atoms with Crippen LogP contribution < -0.4 is 0 Å². The third kappa shape index (κ3) is 3.22. The van der Waals surface area contributed by atoms with Crippen LogP contribution >= 0.6 is 46.6 Å². The van der Waals surface area contributed by atoms with Crippen LogP contribution in [0.25, 0.3) is 0 Å². The summed E-state index contributed by atoms with van der Waals surface area (Å²) < 4.78 is -1.54. The molecule has 0 aliphatic rings. The summed E-state index contributed by atoms with van der Waals surface area (Å²) in [7, 11) is 0. The summed E-state index contributed by atoms with van der Waals surface area (Å²) in [4.78, 5) is 11.8. The SMILES string of the molecule is CCc1c(C(=O)O)ccc(C(Cl)(Cl)Cl)c1SC. The van der Waals surface area contributed by atoms with Crippen molar-refractivity contribution in [1.29, 1.82) is 0 Å². The summed E-state index contributed by atoms with van der Waals surface area (Å²) >= 11 is 19.0. The lowest BCUT2D eigenvalue weighted by Gasteiger charge is -2.19. The largest absolute Gasteiger partial charge is 0.478 e. The van der Waals surface area contributed by atoms with E-state index in [-0.39, 0.29) is 5.56 Å². The van der Waals surface area contributed by atoms with E-state index >= 15 is 0 Å². The molecule has 0 spiro atoms. The predicted molar refractivity (Wildman–Crippen MR) is 73.8 cm³/mol. The van der Waals surface area contributed by atoms with Crippen molar-refractivity contribution in [1.82, 2.24) is 0 Å². The van der Waals surface area contributed by atoms with Gasteiger partial charge in [-0.3, -0.25) is 0 Å². The third-order valence-electron chi connectivity index (χ3n) is 2.35. The van der Waals surface area contributed by atoms with Crippen molar-refractivity contribution in [3.63, 3.8) is 0 Å². The molecule has 1 aromatic carbocycles. The molecular weight excluding hydrogens is 303 g/mol. The van der Waals surface area contributed by atoms with Crippen molar-refractivity contribution >= 4 is 52.5 Å². The lowest BCUT2D eigenvalue weighted by Crippen LogP contribution is -2.09. The van der Waals surface area contributed by atoms with E-state index in [0.717, 1.165) is 4.90 Å². The number of carboxylic acid groups (broad SMARTS) is 1. The summed E-state index contributed by atoms with van der Waals surface area (Å²) in [6.45, 7) is 1.88.